The van der Waals surface area contributed by atoms with Gasteiger partial charge >= 0.3 is 16.2 Å². The predicted molar refractivity (Wildman–Crippen MR) is 82.7 cm³/mol. The van der Waals surface area contributed by atoms with E-state index in [-0.39, 0.29) is 23.5 Å². The Labute approximate surface area is 125 Å². The molecule has 0 saturated carbocycles. The van der Waals surface area contributed by atoms with Crippen molar-refractivity contribution in [2.75, 3.05) is 29.7 Å². The van der Waals surface area contributed by atoms with Crippen LogP contribution in [0.1, 0.15) is 31.1 Å². The Balaban J connectivity index is 3.31. The van der Waals surface area contributed by atoms with E-state index in [1.807, 2.05) is 0 Å². The molecule has 0 aliphatic heterocycles. The Hall–Kier alpha value is -1.80. The van der Waals surface area contributed by atoms with Gasteiger partial charge in [-0.2, -0.15) is 12.7 Å². The minimum absolute atomic E-state index is 0.0209. The number of anilines is 2. The molecule has 1 rings (SSSR count). The van der Waals surface area contributed by atoms with Crippen LogP contribution >= 0.6 is 0 Å². The molecule has 0 aliphatic rings. The van der Waals surface area contributed by atoms with Gasteiger partial charge in [0.1, 0.15) is 0 Å². The summed E-state index contributed by atoms with van der Waals surface area (Å²) in [5.41, 5.74) is 6.25. The molecule has 0 unspecified atom stereocenters. The van der Waals surface area contributed by atoms with Crippen molar-refractivity contribution in [2.45, 2.75) is 20.8 Å². The summed E-state index contributed by atoms with van der Waals surface area (Å²) in [5.74, 6) is -1.11. The highest BCUT2D eigenvalue weighted by molar-refractivity contribution is 7.90. The number of nitrogens with zero attached hydrogens (tertiary/aromatic N) is 2. The topological polar surface area (TPSA) is 104 Å². The van der Waals surface area contributed by atoms with Crippen LogP contribution in [0.15, 0.2) is 18.2 Å². The van der Waals surface area contributed by atoms with Crippen molar-refractivity contribution >= 4 is 27.6 Å². The van der Waals surface area contributed by atoms with Gasteiger partial charge in [-0.25, -0.2) is 4.79 Å². The number of nitrogen functional groups attached to an aromatic ring is 1. The molecule has 0 amide bonds. The molecule has 0 saturated heterocycles. The number of carbonyl (C=O) groups is 1. The van der Waals surface area contributed by atoms with E-state index in [1.165, 1.54) is 26.8 Å². The summed E-state index contributed by atoms with van der Waals surface area (Å²) in [5, 5.41) is 8.92. The van der Waals surface area contributed by atoms with Gasteiger partial charge in [-0.3, -0.25) is 4.31 Å². The summed E-state index contributed by atoms with van der Waals surface area (Å²) in [6.07, 6.45) is 0. The van der Waals surface area contributed by atoms with Crippen LogP contribution in [0.2, 0.25) is 0 Å². The van der Waals surface area contributed by atoms with Crippen LogP contribution in [0.5, 0.6) is 0 Å². The number of benzene rings is 1. The zero-order valence-electron chi connectivity index (χ0n) is 12.4. The number of hydrogen-bond donors (Lipinski definition) is 2. The van der Waals surface area contributed by atoms with Crippen LogP contribution in [-0.2, 0) is 10.2 Å². The Morgan fingerprint density at radius 1 is 1.19 bits per heavy atom. The van der Waals surface area contributed by atoms with Gasteiger partial charge in [0.25, 0.3) is 0 Å². The van der Waals surface area contributed by atoms with Crippen LogP contribution in [0.4, 0.5) is 11.4 Å². The summed E-state index contributed by atoms with van der Waals surface area (Å²) in [6, 6.07) is 4.02. The molecule has 3 N–H and O–H groups in total. The lowest BCUT2D eigenvalue weighted by atomic mass is 10.2. The molecule has 8 heteroatoms. The molecule has 0 aromatic heterocycles. The van der Waals surface area contributed by atoms with E-state index < -0.39 is 16.2 Å². The van der Waals surface area contributed by atoms with Crippen molar-refractivity contribution in [3.63, 3.8) is 0 Å². The van der Waals surface area contributed by atoms with E-state index in [0.29, 0.717) is 13.1 Å². The number of nitrogens with two attached hydrogens (primary N) is 1. The molecular weight excluding hydrogens is 294 g/mol. The number of rotatable bonds is 7. The molecular formula is C13H21N3O4S. The standard InChI is InChI=1S/C13H21N3O4S/c1-4-15(5-2)21(19,20)16(6-3)12-8-7-10(13(17)18)9-11(12)14/h7-9H,4-6,14H2,1-3H3,(H,17,18). The van der Waals surface area contributed by atoms with Gasteiger partial charge in [-0.05, 0) is 25.1 Å². The van der Waals surface area contributed by atoms with Gasteiger partial charge in [0.15, 0.2) is 0 Å². The molecule has 1 aromatic carbocycles. The van der Waals surface area contributed by atoms with Crippen LogP contribution in [0.3, 0.4) is 0 Å². The first-order chi connectivity index (χ1) is 9.79. The molecule has 1 aromatic rings. The van der Waals surface area contributed by atoms with Gasteiger partial charge < -0.3 is 10.8 Å². The number of aromatic carboxylic acids is 1. The Morgan fingerprint density at radius 2 is 1.76 bits per heavy atom. The van der Waals surface area contributed by atoms with Gasteiger partial charge in [-0.1, -0.05) is 13.8 Å². The predicted octanol–water partition coefficient (Wildman–Crippen LogP) is 1.38. The molecule has 0 spiro atoms. The van der Waals surface area contributed by atoms with Crippen molar-refractivity contribution in [1.29, 1.82) is 0 Å². The van der Waals surface area contributed by atoms with Gasteiger partial charge in [-0.15, -0.1) is 0 Å². The van der Waals surface area contributed by atoms with Crippen molar-refractivity contribution in [1.82, 2.24) is 4.31 Å². The zero-order valence-corrected chi connectivity index (χ0v) is 13.2. The summed E-state index contributed by atoms with van der Waals surface area (Å²) >= 11 is 0. The SMILES string of the molecule is CCN(CC)S(=O)(=O)N(CC)c1ccc(C(=O)O)cc1N. The molecule has 0 bridgehead atoms. The fourth-order valence-electron chi connectivity index (χ4n) is 2.06. The maximum absolute atomic E-state index is 12.6. The van der Waals surface area contributed by atoms with E-state index in [0.717, 1.165) is 0 Å². The Bertz CT molecular complexity index is 612. The minimum Gasteiger partial charge on any atom is -0.478 e. The Kier molecular flexibility index (Phi) is 5.56. The molecule has 7 nitrogen and oxygen atoms in total. The maximum Gasteiger partial charge on any atom is 0.335 e. The normalized spacial score (nSPS) is 11.6. The maximum atomic E-state index is 12.6. The third kappa shape index (κ3) is 3.45. The van der Waals surface area contributed by atoms with E-state index >= 15 is 0 Å². The highest BCUT2D eigenvalue weighted by atomic mass is 32.2. The molecule has 0 atom stereocenters. The summed E-state index contributed by atoms with van der Waals surface area (Å²) in [4.78, 5) is 10.9. The van der Waals surface area contributed by atoms with Gasteiger partial charge in [0.05, 0.1) is 16.9 Å². The lowest BCUT2D eigenvalue weighted by Crippen LogP contribution is -2.44. The van der Waals surface area contributed by atoms with E-state index in [4.69, 9.17) is 10.8 Å². The first-order valence-corrected chi connectivity index (χ1v) is 8.09. The second kappa shape index (κ2) is 6.77. The quantitative estimate of drug-likeness (QED) is 0.740. The van der Waals surface area contributed by atoms with Crippen LogP contribution < -0.4 is 10.0 Å². The summed E-state index contributed by atoms with van der Waals surface area (Å²) < 4.78 is 27.7. The average Bonchev–Trinajstić information content (AvgIpc) is 2.41. The largest absolute Gasteiger partial charge is 0.478 e. The van der Waals surface area contributed by atoms with Gasteiger partial charge in [0.2, 0.25) is 0 Å². The van der Waals surface area contributed by atoms with Crippen LogP contribution in [0, 0.1) is 0 Å². The van der Waals surface area contributed by atoms with E-state index in [2.05, 4.69) is 0 Å². The summed E-state index contributed by atoms with van der Waals surface area (Å²) in [7, 11) is -3.68. The van der Waals surface area contributed by atoms with Crippen LogP contribution in [0.25, 0.3) is 0 Å². The molecule has 21 heavy (non-hydrogen) atoms. The highest BCUT2D eigenvalue weighted by Crippen LogP contribution is 2.28. The molecule has 118 valence electrons. The fourth-order valence-corrected chi connectivity index (χ4v) is 3.73. The van der Waals surface area contributed by atoms with Crippen molar-refractivity contribution in [2.24, 2.45) is 0 Å². The van der Waals surface area contributed by atoms with E-state index in [1.54, 1.807) is 20.8 Å². The highest BCUT2D eigenvalue weighted by Gasteiger charge is 2.28. The Morgan fingerprint density at radius 3 is 2.14 bits per heavy atom. The fraction of sp³-hybridized carbons (Fsp3) is 0.462. The second-order valence-electron chi connectivity index (χ2n) is 4.34. The number of carboxylic acids is 1. The molecule has 0 heterocycles. The average molecular weight is 315 g/mol. The first kappa shape index (κ1) is 17.3. The third-order valence-corrected chi connectivity index (χ3v) is 5.32. The lowest BCUT2D eigenvalue weighted by molar-refractivity contribution is 0.0697. The molecule has 0 radical (unpaired) electrons. The van der Waals surface area contributed by atoms with Crippen molar-refractivity contribution in [3.05, 3.63) is 23.8 Å². The van der Waals surface area contributed by atoms with E-state index in [9.17, 15) is 13.2 Å². The van der Waals surface area contributed by atoms with Gasteiger partial charge in [0, 0.05) is 19.6 Å². The summed E-state index contributed by atoms with van der Waals surface area (Å²) in [6.45, 7) is 6.11. The second-order valence-corrected chi connectivity index (χ2v) is 6.19. The van der Waals surface area contributed by atoms with Crippen molar-refractivity contribution < 1.29 is 18.3 Å². The molecule has 0 aliphatic carbocycles. The molecule has 0 fully saturated rings. The smallest absolute Gasteiger partial charge is 0.335 e. The van der Waals surface area contributed by atoms with Crippen LogP contribution in [-0.4, -0.2) is 43.4 Å². The lowest BCUT2D eigenvalue weighted by Gasteiger charge is -2.30. The zero-order chi connectivity index (χ0) is 16.2. The third-order valence-electron chi connectivity index (χ3n) is 3.14. The number of hydrogen-bond acceptors (Lipinski definition) is 4. The minimum atomic E-state index is -3.68. The van der Waals surface area contributed by atoms with Crippen molar-refractivity contribution in [3.8, 4) is 0 Å². The first-order valence-electron chi connectivity index (χ1n) is 6.70. The number of carboxylic acid groups (broad SMARTS) is 1. The monoisotopic (exact) mass is 315 g/mol.